The molecule has 0 bridgehead atoms. The Bertz CT molecular complexity index is 1340. The first-order valence-corrected chi connectivity index (χ1v) is 14.5. The van der Waals surface area contributed by atoms with Crippen molar-refractivity contribution in [3.63, 3.8) is 0 Å². The fourth-order valence-electron chi connectivity index (χ4n) is 5.01. The van der Waals surface area contributed by atoms with E-state index >= 15 is 0 Å². The maximum absolute atomic E-state index is 12.7. The Balaban J connectivity index is 1.92. The van der Waals surface area contributed by atoms with Crippen molar-refractivity contribution in [1.29, 1.82) is 0 Å². The summed E-state index contributed by atoms with van der Waals surface area (Å²) >= 11 is 6.23. The number of allylic oxidation sites excluding steroid dienone is 1. The summed E-state index contributed by atoms with van der Waals surface area (Å²) in [4.78, 5) is 24.0. The molecule has 0 fully saturated rings. The van der Waals surface area contributed by atoms with Crippen LogP contribution in [0.3, 0.4) is 0 Å². The average Bonchev–Trinajstić information content (AvgIpc) is 2.85. The molecule has 2 N–H and O–H groups in total. The topological polar surface area (TPSA) is 134 Å². The van der Waals surface area contributed by atoms with Gasteiger partial charge < -0.3 is 9.47 Å². The first kappa shape index (κ1) is 29.8. The summed E-state index contributed by atoms with van der Waals surface area (Å²) in [5.74, 6) is -0.973. The molecule has 1 aliphatic carbocycles. The maximum atomic E-state index is 12.7. The lowest BCUT2D eigenvalue weighted by molar-refractivity contribution is -0.386. The third kappa shape index (κ3) is 6.79. The van der Waals surface area contributed by atoms with Gasteiger partial charge in [0.05, 0.1) is 16.4 Å². The van der Waals surface area contributed by atoms with E-state index in [4.69, 9.17) is 26.2 Å². The number of nitro groups is 1. The number of carbonyl (C=O) groups excluding carboxylic acids is 1. The van der Waals surface area contributed by atoms with Crippen molar-refractivity contribution in [2.45, 2.75) is 51.0 Å². The van der Waals surface area contributed by atoms with Crippen molar-refractivity contribution < 1.29 is 23.4 Å². The van der Waals surface area contributed by atoms with E-state index in [1.807, 2.05) is 32.0 Å². The Hall–Kier alpha value is -2.79. The predicted molar refractivity (Wildman–Crippen MR) is 149 cm³/mol. The second-order valence-electron chi connectivity index (χ2n) is 9.80. The summed E-state index contributed by atoms with van der Waals surface area (Å²) in [7, 11) is -1.70. The van der Waals surface area contributed by atoms with Crippen LogP contribution in [0, 0.1) is 16.0 Å². The third-order valence-electron chi connectivity index (χ3n) is 7.02. The van der Waals surface area contributed by atoms with Crippen molar-refractivity contribution in [3.05, 3.63) is 80.9 Å². The number of rotatable bonds is 11. The average molecular weight is 564 g/mol. The molecule has 0 radical (unpaired) electrons. The van der Waals surface area contributed by atoms with E-state index in [0.717, 1.165) is 36.5 Å². The first-order chi connectivity index (χ1) is 17.9. The lowest BCUT2D eigenvalue weighted by Crippen LogP contribution is -2.46. The molecule has 1 aliphatic rings. The van der Waals surface area contributed by atoms with Crippen molar-refractivity contribution in [1.82, 2.24) is 0 Å². The minimum atomic E-state index is -3.32. The lowest BCUT2D eigenvalue weighted by atomic mass is 9.67. The number of nitrogens with two attached hydrogens (primary N) is 1. The highest BCUT2D eigenvalue weighted by Gasteiger charge is 2.43. The number of benzene rings is 2. The number of ether oxygens (including phenoxy) is 2. The van der Waals surface area contributed by atoms with E-state index < -0.39 is 31.8 Å². The van der Waals surface area contributed by atoms with Gasteiger partial charge >= 0.3 is 5.69 Å². The van der Waals surface area contributed by atoms with Crippen LogP contribution in [0.25, 0.3) is 0 Å². The normalized spacial score (nSPS) is 19.9. The van der Waals surface area contributed by atoms with Gasteiger partial charge in [0.1, 0.15) is 16.5 Å². The van der Waals surface area contributed by atoms with Crippen LogP contribution in [0.5, 0.6) is 5.75 Å². The van der Waals surface area contributed by atoms with Gasteiger partial charge in [-0.2, -0.15) is 0 Å². The quantitative estimate of drug-likeness (QED) is 0.214. The molecule has 0 spiro atoms. The maximum Gasteiger partial charge on any atom is 0.311 e. The number of halogens is 1. The molecule has 2 aromatic carbocycles. The molecule has 2 aromatic rings. The molecule has 0 saturated carbocycles. The van der Waals surface area contributed by atoms with Crippen LogP contribution in [-0.2, 0) is 26.5 Å². The molecule has 1 amide bonds. The van der Waals surface area contributed by atoms with Crippen LogP contribution in [0.4, 0.5) is 5.69 Å². The minimum Gasteiger partial charge on any atom is -0.486 e. The predicted octanol–water partition coefficient (Wildman–Crippen LogP) is 5.63. The summed E-state index contributed by atoms with van der Waals surface area (Å²) in [5, 5.41) is 18.3. The molecule has 2 unspecified atom stereocenters. The molecule has 4 atom stereocenters. The van der Waals surface area contributed by atoms with E-state index in [1.54, 1.807) is 13.2 Å². The number of aryl methyl sites for hydroxylation is 1. The van der Waals surface area contributed by atoms with Gasteiger partial charge in [0.25, 0.3) is 5.91 Å². The second-order valence-corrected chi connectivity index (χ2v) is 12.1. The number of nitrogens with zero attached hydrogens (tertiary/aromatic N) is 2. The Morgan fingerprint density at radius 3 is 2.74 bits per heavy atom. The number of carbonyl (C=O) groups is 1. The molecule has 206 valence electrons. The molecule has 0 heterocycles. The molecule has 0 aromatic heterocycles. The largest absolute Gasteiger partial charge is 0.486 e. The number of methoxy groups -OCH3 is 1. The van der Waals surface area contributed by atoms with Crippen LogP contribution in [0.2, 0.25) is 5.02 Å². The summed E-state index contributed by atoms with van der Waals surface area (Å²) in [6.07, 6.45) is 4.49. The van der Waals surface area contributed by atoms with Gasteiger partial charge in [-0.25, -0.2) is 9.35 Å². The van der Waals surface area contributed by atoms with Gasteiger partial charge in [-0.3, -0.25) is 14.9 Å². The smallest absolute Gasteiger partial charge is 0.311 e. The summed E-state index contributed by atoms with van der Waals surface area (Å²) in [6.45, 7) is 7.52. The summed E-state index contributed by atoms with van der Waals surface area (Å²) in [5.41, 5.74) is 1.08. The van der Waals surface area contributed by atoms with Crippen molar-refractivity contribution in [2.75, 3.05) is 19.5 Å². The highest BCUT2D eigenvalue weighted by atomic mass is 35.5. The van der Waals surface area contributed by atoms with E-state index in [9.17, 15) is 19.1 Å². The zero-order valence-corrected chi connectivity index (χ0v) is 23.4. The second kappa shape index (κ2) is 12.4. The van der Waals surface area contributed by atoms with Crippen LogP contribution in [-0.4, -0.2) is 40.6 Å². The van der Waals surface area contributed by atoms with Gasteiger partial charge in [-0.1, -0.05) is 30.7 Å². The van der Waals surface area contributed by atoms with Gasteiger partial charge in [0.15, 0.2) is 5.75 Å². The minimum absolute atomic E-state index is 0.000497. The van der Waals surface area contributed by atoms with Gasteiger partial charge in [-0.15, -0.1) is 10.9 Å². The Labute approximate surface area is 228 Å². The number of fused-ring (bicyclic) bond motifs is 1. The van der Waals surface area contributed by atoms with Crippen molar-refractivity contribution >= 4 is 33.1 Å². The number of hydrogen-bond donors (Lipinski definition) is 1. The number of nitro benzene ring substituents is 1. The Morgan fingerprint density at radius 2 is 2.08 bits per heavy atom. The van der Waals surface area contributed by atoms with Gasteiger partial charge in [0.2, 0.25) is 0 Å². The van der Waals surface area contributed by atoms with E-state index in [-0.39, 0.29) is 35.7 Å². The molecule has 11 heteroatoms. The molecule has 0 aliphatic heterocycles. The van der Waals surface area contributed by atoms with Gasteiger partial charge in [-0.05, 0) is 73.9 Å². The highest BCUT2D eigenvalue weighted by molar-refractivity contribution is 7.91. The number of hydrogen-bond acceptors (Lipinski definition) is 6. The standard InChI is InChI=1S/C27H34ClN3O6S/c1-5-7-18(2)16-38(29,35)30-26(32)21-9-12-25(24(15-21)31(33)34)37-17-27(19(3)36-4)13-6-8-20-14-22(28)10-11-23(20)27/h5,9-12,14-15,18-19H,1,6-8,13,16-17H2,2-4H3,(H2,29,30,32,35)/t18-,19?,27+,38?/m0/s1. The Morgan fingerprint density at radius 1 is 1.34 bits per heavy atom. The zero-order valence-electron chi connectivity index (χ0n) is 21.9. The summed E-state index contributed by atoms with van der Waals surface area (Å²) < 4.78 is 28.1. The van der Waals surface area contributed by atoms with E-state index in [1.165, 1.54) is 12.1 Å². The van der Waals surface area contributed by atoms with Crippen LogP contribution in [0.15, 0.2) is 53.4 Å². The first-order valence-electron chi connectivity index (χ1n) is 12.3. The summed E-state index contributed by atoms with van der Waals surface area (Å²) in [6, 6.07) is 9.52. The molecule has 0 saturated heterocycles. The van der Waals surface area contributed by atoms with E-state index in [2.05, 4.69) is 10.9 Å². The van der Waals surface area contributed by atoms with Crippen LogP contribution >= 0.6 is 11.6 Å². The molecule has 9 nitrogen and oxygen atoms in total. The fourth-order valence-corrected chi connectivity index (χ4v) is 6.62. The lowest BCUT2D eigenvalue weighted by Gasteiger charge is -2.42. The van der Waals surface area contributed by atoms with Crippen LogP contribution < -0.4 is 9.88 Å². The van der Waals surface area contributed by atoms with E-state index in [0.29, 0.717) is 11.4 Å². The van der Waals surface area contributed by atoms with Gasteiger partial charge in [0, 0.05) is 29.5 Å². The molecular formula is C27H34ClN3O6S. The van der Waals surface area contributed by atoms with Crippen LogP contribution in [0.1, 0.15) is 54.6 Å². The monoisotopic (exact) mass is 563 g/mol. The molecule has 3 rings (SSSR count). The fraction of sp³-hybridized carbons (Fsp3) is 0.444. The SMILES string of the molecule is C=CC[C@H](C)CS(N)(=O)=NC(=O)c1ccc(OC[C@@]2(C(C)OC)CCCc3cc(Cl)ccc32)c([N+](=O)[O-])c1. The zero-order chi connectivity index (χ0) is 28.1. The third-order valence-corrected chi connectivity index (χ3v) is 8.78. The number of amides is 1. The molecular weight excluding hydrogens is 530 g/mol. The van der Waals surface area contributed by atoms with Crippen molar-refractivity contribution in [3.8, 4) is 5.75 Å². The van der Waals surface area contributed by atoms with Crippen molar-refractivity contribution in [2.24, 2.45) is 15.4 Å². The Kier molecular flexibility index (Phi) is 9.69. The highest BCUT2D eigenvalue weighted by Crippen LogP contribution is 2.43. The molecule has 38 heavy (non-hydrogen) atoms.